The van der Waals surface area contributed by atoms with Crippen LogP contribution in [0.15, 0.2) is 54.6 Å². The molecular formula is C20H19N3O3. The van der Waals surface area contributed by atoms with E-state index in [9.17, 15) is 9.59 Å². The molecule has 0 aromatic heterocycles. The van der Waals surface area contributed by atoms with Crippen molar-refractivity contribution in [1.82, 2.24) is 10.2 Å². The minimum absolute atomic E-state index is 0.0231. The van der Waals surface area contributed by atoms with Crippen LogP contribution >= 0.6 is 0 Å². The summed E-state index contributed by atoms with van der Waals surface area (Å²) in [7, 11) is 0. The molecule has 0 radical (unpaired) electrons. The van der Waals surface area contributed by atoms with Gasteiger partial charge in [-0.1, -0.05) is 42.5 Å². The minimum atomic E-state index is -0.308. The highest BCUT2D eigenvalue weighted by Gasteiger charge is 2.30. The molecule has 2 amide bonds. The zero-order valence-corrected chi connectivity index (χ0v) is 14.2. The van der Waals surface area contributed by atoms with Gasteiger partial charge in [0.05, 0.1) is 11.6 Å². The van der Waals surface area contributed by atoms with Gasteiger partial charge in [-0.05, 0) is 17.7 Å². The SMILES string of the molecule is N#Cc1ccccc1OCC(=O)N[C@@H]1CC(=O)N(Cc2ccccc2)C1. The van der Waals surface area contributed by atoms with Gasteiger partial charge in [-0.15, -0.1) is 0 Å². The molecule has 1 atom stereocenters. The molecule has 0 saturated carbocycles. The highest BCUT2D eigenvalue weighted by atomic mass is 16.5. The molecule has 0 aliphatic carbocycles. The molecule has 1 aliphatic rings. The van der Waals surface area contributed by atoms with Crippen LogP contribution in [0.5, 0.6) is 5.75 Å². The number of likely N-dealkylation sites (tertiary alicyclic amines) is 1. The first-order valence-electron chi connectivity index (χ1n) is 8.38. The van der Waals surface area contributed by atoms with Crippen LogP contribution in [-0.2, 0) is 16.1 Å². The zero-order valence-electron chi connectivity index (χ0n) is 14.2. The van der Waals surface area contributed by atoms with Crippen molar-refractivity contribution in [3.05, 3.63) is 65.7 Å². The average Bonchev–Trinajstić information content (AvgIpc) is 3.00. The van der Waals surface area contributed by atoms with E-state index in [0.717, 1.165) is 5.56 Å². The number of benzene rings is 2. The third-order valence-electron chi connectivity index (χ3n) is 4.16. The predicted molar refractivity (Wildman–Crippen MR) is 95.1 cm³/mol. The zero-order chi connectivity index (χ0) is 18.4. The number of carbonyl (C=O) groups excluding carboxylic acids is 2. The van der Waals surface area contributed by atoms with Gasteiger partial charge in [0.15, 0.2) is 6.61 Å². The summed E-state index contributed by atoms with van der Waals surface area (Å²) in [5.41, 5.74) is 1.44. The lowest BCUT2D eigenvalue weighted by Crippen LogP contribution is -2.39. The van der Waals surface area contributed by atoms with Gasteiger partial charge in [-0.2, -0.15) is 5.26 Å². The molecule has 132 valence electrons. The number of hydrogen-bond donors (Lipinski definition) is 1. The molecule has 1 fully saturated rings. The molecule has 6 nitrogen and oxygen atoms in total. The lowest BCUT2D eigenvalue weighted by molar-refractivity contribution is -0.128. The van der Waals surface area contributed by atoms with Crippen molar-refractivity contribution < 1.29 is 14.3 Å². The Bertz CT molecular complexity index is 830. The number of nitrogens with one attached hydrogen (secondary N) is 1. The van der Waals surface area contributed by atoms with E-state index in [4.69, 9.17) is 10.00 Å². The molecule has 1 saturated heterocycles. The Hall–Kier alpha value is -3.33. The van der Waals surface area contributed by atoms with Gasteiger partial charge in [0.25, 0.3) is 5.91 Å². The maximum Gasteiger partial charge on any atom is 0.258 e. The fourth-order valence-corrected chi connectivity index (χ4v) is 2.92. The first-order chi connectivity index (χ1) is 12.7. The lowest BCUT2D eigenvalue weighted by atomic mass is 10.2. The highest BCUT2D eigenvalue weighted by molar-refractivity contribution is 5.82. The van der Waals surface area contributed by atoms with Crippen molar-refractivity contribution in [2.24, 2.45) is 0 Å². The first kappa shape index (κ1) is 17.5. The number of carbonyl (C=O) groups is 2. The average molecular weight is 349 g/mol. The van der Waals surface area contributed by atoms with E-state index in [-0.39, 0.29) is 30.9 Å². The molecule has 6 heteroatoms. The Balaban J connectivity index is 1.49. The van der Waals surface area contributed by atoms with Gasteiger partial charge < -0.3 is 15.0 Å². The minimum Gasteiger partial charge on any atom is -0.482 e. The van der Waals surface area contributed by atoms with E-state index in [1.165, 1.54) is 0 Å². The third-order valence-corrected chi connectivity index (χ3v) is 4.16. The number of hydrogen-bond acceptors (Lipinski definition) is 4. The molecule has 0 unspecified atom stereocenters. The quantitative estimate of drug-likeness (QED) is 0.863. The van der Waals surface area contributed by atoms with Crippen LogP contribution in [0.4, 0.5) is 0 Å². The molecule has 26 heavy (non-hydrogen) atoms. The standard InChI is InChI=1S/C20H19N3O3/c21-11-16-8-4-5-9-18(16)26-14-19(24)22-17-10-20(25)23(13-17)12-15-6-2-1-3-7-15/h1-9,17H,10,12-14H2,(H,22,24)/t17-/m1/s1. The summed E-state index contributed by atoms with van der Waals surface area (Å²) in [5.74, 6) is 0.0883. The third kappa shape index (κ3) is 4.39. The Labute approximate surface area is 152 Å². The van der Waals surface area contributed by atoms with Crippen LogP contribution in [0.2, 0.25) is 0 Å². The second-order valence-electron chi connectivity index (χ2n) is 6.13. The summed E-state index contributed by atoms with van der Waals surface area (Å²) in [5, 5.41) is 11.8. The van der Waals surface area contributed by atoms with Gasteiger partial charge in [0.2, 0.25) is 5.91 Å². The molecule has 2 aromatic carbocycles. The van der Waals surface area contributed by atoms with Crippen molar-refractivity contribution in [2.45, 2.75) is 19.0 Å². The topological polar surface area (TPSA) is 82.4 Å². The monoisotopic (exact) mass is 349 g/mol. The smallest absolute Gasteiger partial charge is 0.258 e. The second kappa shape index (κ2) is 8.17. The molecule has 1 heterocycles. The van der Waals surface area contributed by atoms with Gasteiger partial charge in [-0.25, -0.2) is 0 Å². The van der Waals surface area contributed by atoms with Crippen LogP contribution in [0.25, 0.3) is 0 Å². The fourth-order valence-electron chi connectivity index (χ4n) is 2.92. The molecule has 1 N–H and O–H groups in total. The van der Waals surface area contributed by atoms with Crippen LogP contribution in [0.1, 0.15) is 17.5 Å². The van der Waals surface area contributed by atoms with E-state index in [1.54, 1.807) is 29.2 Å². The normalized spacial score (nSPS) is 16.2. The summed E-state index contributed by atoms with van der Waals surface area (Å²) >= 11 is 0. The van der Waals surface area contributed by atoms with E-state index in [1.807, 2.05) is 36.4 Å². The van der Waals surface area contributed by atoms with Crippen LogP contribution < -0.4 is 10.1 Å². The summed E-state index contributed by atoms with van der Waals surface area (Å²) in [6.45, 7) is 0.828. The van der Waals surface area contributed by atoms with Gasteiger partial charge in [0, 0.05) is 19.5 Å². The summed E-state index contributed by atoms with van der Waals surface area (Å²) in [6, 6.07) is 18.3. The van der Waals surface area contributed by atoms with E-state index in [0.29, 0.717) is 24.4 Å². The van der Waals surface area contributed by atoms with Gasteiger partial charge >= 0.3 is 0 Å². The largest absolute Gasteiger partial charge is 0.482 e. The summed E-state index contributed by atoms with van der Waals surface area (Å²) in [4.78, 5) is 26.0. The number of amides is 2. The molecule has 1 aliphatic heterocycles. The number of nitrogens with zero attached hydrogens (tertiary/aromatic N) is 2. The highest BCUT2D eigenvalue weighted by Crippen LogP contribution is 2.17. The lowest BCUT2D eigenvalue weighted by Gasteiger charge is -2.17. The number of nitriles is 1. The summed E-state index contributed by atoms with van der Waals surface area (Å²) < 4.78 is 5.42. The van der Waals surface area contributed by atoms with Crippen LogP contribution in [0, 0.1) is 11.3 Å². The Kier molecular flexibility index (Phi) is 5.49. The molecule has 0 spiro atoms. The second-order valence-corrected chi connectivity index (χ2v) is 6.13. The first-order valence-corrected chi connectivity index (χ1v) is 8.38. The maximum atomic E-state index is 12.1. The predicted octanol–water partition coefficient (Wildman–Crippen LogP) is 1.85. The van der Waals surface area contributed by atoms with Gasteiger partial charge in [0.1, 0.15) is 11.8 Å². The van der Waals surface area contributed by atoms with Crippen LogP contribution in [0.3, 0.4) is 0 Å². The molecular weight excluding hydrogens is 330 g/mol. The van der Waals surface area contributed by atoms with Crippen molar-refractivity contribution in [1.29, 1.82) is 5.26 Å². The Morgan fingerprint density at radius 1 is 1.19 bits per heavy atom. The fraction of sp³-hybridized carbons (Fsp3) is 0.250. The number of para-hydroxylation sites is 1. The summed E-state index contributed by atoms with van der Waals surface area (Å²) in [6.07, 6.45) is 0.285. The Morgan fingerprint density at radius 3 is 2.69 bits per heavy atom. The Morgan fingerprint density at radius 2 is 1.92 bits per heavy atom. The molecule has 0 bridgehead atoms. The van der Waals surface area contributed by atoms with Crippen LogP contribution in [-0.4, -0.2) is 35.9 Å². The maximum absolute atomic E-state index is 12.1. The van der Waals surface area contributed by atoms with Crippen molar-refractivity contribution in [3.8, 4) is 11.8 Å². The molecule has 2 aromatic rings. The van der Waals surface area contributed by atoms with Crippen molar-refractivity contribution >= 4 is 11.8 Å². The van der Waals surface area contributed by atoms with E-state index in [2.05, 4.69) is 5.32 Å². The molecule has 3 rings (SSSR count). The van der Waals surface area contributed by atoms with E-state index < -0.39 is 0 Å². The number of ether oxygens (including phenoxy) is 1. The van der Waals surface area contributed by atoms with E-state index >= 15 is 0 Å². The van der Waals surface area contributed by atoms with Crippen molar-refractivity contribution in [2.75, 3.05) is 13.2 Å². The number of rotatable bonds is 6. The van der Waals surface area contributed by atoms with Gasteiger partial charge in [-0.3, -0.25) is 9.59 Å². The van der Waals surface area contributed by atoms with Crippen molar-refractivity contribution in [3.63, 3.8) is 0 Å².